The van der Waals surface area contributed by atoms with E-state index in [1.54, 1.807) is 37.7 Å². The zero-order valence-electron chi connectivity index (χ0n) is 11.0. The minimum absolute atomic E-state index is 0.548. The smallest absolute Gasteiger partial charge is 0.145 e. The molecule has 0 aliphatic heterocycles. The van der Waals surface area contributed by atoms with E-state index in [0.717, 1.165) is 11.4 Å². The van der Waals surface area contributed by atoms with Crippen molar-refractivity contribution in [2.24, 2.45) is 0 Å². The molecule has 0 saturated carbocycles. The fourth-order valence-electron chi connectivity index (χ4n) is 1.67. The molecule has 0 radical (unpaired) electrons. The summed E-state index contributed by atoms with van der Waals surface area (Å²) in [6.07, 6.45) is 0. The molecule has 2 rings (SSSR count). The Balaban J connectivity index is 2.20. The summed E-state index contributed by atoms with van der Waals surface area (Å²) in [7, 11) is 3.19. The van der Waals surface area contributed by atoms with Crippen LogP contribution < -0.4 is 14.8 Å². The molecule has 0 aliphatic rings. The predicted molar refractivity (Wildman–Crippen MR) is 78.7 cm³/mol. The van der Waals surface area contributed by atoms with Crippen molar-refractivity contribution in [1.29, 1.82) is 0 Å². The van der Waals surface area contributed by atoms with Crippen molar-refractivity contribution >= 4 is 28.6 Å². The summed E-state index contributed by atoms with van der Waals surface area (Å²) in [6.45, 7) is 2.68. The molecule has 2 aromatic rings. The zero-order chi connectivity index (χ0) is 13.8. The van der Waals surface area contributed by atoms with Crippen LogP contribution in [0.5, 0.6) is 11.5 Å². The highest BCUT2D eigenvalue weighted by Crippen LogP contribution is 2.36. The fourth-order valence-corrected chi connectivity index (χ4v) is 2.63. The van der Waals surface area contributed by atoms with Gasteiger partial charge >= 0.3 is 0 Å². The second-order valence-corrected chi connectivity index (χ2v) is 5.25. The molecule has 1 aromatic heterocycles. The standard InChI is InChI=1S/C13H15ClN2O2S/c1-8-13(19-7-16-8)6-15-10-4-9(14)11(17-2)5-12(10)18-3/h4-5,7,15H,6H2,1-3H3. The van der Waals surface area contributed by atoms with Crippen LogP contribution in [0.4, 0.5) is 5.69 Å². The summed E-state index contributed by atoms with van der Waals surface area (Å²) >= 11 is 7.74. The van der Waals surface area contributed by atoms with Crippen LogP contribution in [0.3, 0.4) is 0 Å². The fraction of sp³-hybridized carbons (Fsp3) is 0.308. The largest absolute Gasteiger partial charge is 0.495 e. The topological polar surface area (TPSA) is 43.4 Å². The Bertz CT molecular complexity index is 572. The van der Waals surface area contributed by atoms with Crippen molar-refractivity contribution in [3.05, 3.63) is 33.2 Å². The average Bonchev–Trinajstić information content (AvgIpc) is 2.82. The lowest BCUT2D eigenvalue weighted by molar-refractivity contribution is 0.395. The molecular formula is C13H15ClN2O2S. The summed E-state index contributed by atoms with van der Waals surface area (Å²) in [5.41, 5.74) is 3.71. The number of thiazole rings is 1. The second-order valence-electron chi connectivity index (χ2n) is 3.90. The SMILES string of the molecule is COc1cc(OC)c(NCc2scnc2C)cc1Cl. The van der Waals surface area contributed by atoms with E-state index in [0.29, 0.717) is 23.1 Å². The first kappa shape index (κ1) is 14.0. The third kappa shape index (κ3) is 3.11. The number of benzene rings is 1. The van der Waals surface area contributed by atoms with Gasteiger partial charge in [0, 0.05) is 10.9 Å². The third-order valence-electron chi connectivity index (χ3n) is 2.76. The molecule has 0 spiro atoms. The quantitative estimate of drug-likeness (QED) is 0.913. The Kier molecular flexibility index (Phi) is 4.50. The number of nitrogens with zero attached hydrogens (tertiary/aromatic N) is 1. The molecule has 0 bridgehead atoms. The molecule has 1 heterocycles. The number of aryl methyl sites for hydroxylation is 1. The Morgan fingerprint density at radius 1 is 1.26 bits per heavy atom. The molecule has 0 aliphatic carbocycles. The summed E-state index contributed by atoms with van der Waals surface area (Å²) in [5, 5.41) is 3.85. The Hall–Kier alpha value is -1.46. The van der Waals surface area contributed by atoms with Gasteiger partial charge in [0.1, 0.15) is 11.5 Å². The highest BCUT2D eigenvalue weighted by molar-refractivity contribution is 7.09. The van der Waals surface area contributed by atoms with Crippen molar-refractivity contribution in [3.63, 3.8) is 0 Å². The average molecular weight is 299 g/mol. The molecular weight excluding hydrogens is 284 g/mol. The van der Waals surface area contributed by atoms with E-state index in [2.05, 4.69) is 10.3 Å². The maximum Gasteiger partial charge on any atom is 0.145 e. The third-order valence-corrected chi connectivity index (χ3v) is 3.99. The van der Waals surface area contributed by atoms with Gasteiger partial charge in [-0.2, -0.15) is 0 Å². The van der Waals surface area contributed by atoms with Crippen LogP contribution in [0.2, 0.25) is 5.02 Å². The molecule has 6 heteroatoms. The lowest BCUT2D eigenvalue weighted by atomic mass is 10.2. The summed E-state index contributed by atoms with van der Waals surface area (Å²) in [6, 6.07) is 3.57. The lowest BCUT2D eigenvalue weighted by Gasteiger charge is -2.13. The van der Waals surface area contributed by atoms with Crippen molar-refractivity contribution in [2.75, 3.05) is 19.5 Å². The Morgan fingerprint density at radius 2 is 2.00 bits per heavy atom. The van der Waals surface area contributed by atoms with Gasteiger partial charge in [0.25, 0.3) is 0 Å². The molecule has 1 N–H and O–H groups in total. The first-order valence-electron chi connectivity index (χ1n) is 5.70. The highest BCUT2D eigenvalue weighted by Gasteiger charge is 2.10. The number of rotatable bonds is 5. The van der Waals surface area contributed by atoms with Gasteiger partial charge in [-0.1, -0.05) is 11.6 Å². The van der Waals surface area contributed by atoms with E-state index in [1.165, 1.54) is 4.88 Å². The minimum atomic E-state index is 0.548. The van der Waals surface area contributed by atoms with Crippen LogP contribution in [0, 0.1) is 6.92 Å². The van der Waals surface area contributed by atoms with E-state index in [-0.39, 0.29) is 0 Å². The van der Waals surface area contributed by atoms with E-state index < -0.39 is 0 Å². The highest BCUT2D eigenvalue weighted by atomic mass is 35.5. The van der Waals surface area contributed by atoms with E-state index in [1.807, 2.05) is 12.4 Å². The van der Waals surface area contributed by atoms with Crippen molar-refractivity contribution in [2.45, 2.75) is 13.5 Å². The van der Waals surface area contributed by atoms with Gasteiger partial charge in [0.05, 0.1) is 42.7 Å². The number of hydrogen-bond acceptors (Lipinski definition) is 5. The molecule has 1 aromatic carbocycles. The van der Waals surface area contributed by atoms with Gasteiger partial charge in [-0.15, -0.1) is 11.3 Å². The number of methoxy groups -OCH3 is 2. The first-order chi connectivity index (χ1) is 9.15. The van der Waals surface area contributed by atoms with Crippen LogP contribution in [-0.2, 0) is 6.54 Å². The second kappa shape index (κ2) is 6.12. The number of hydrogen-bond donors (Lipinski definition) is 1. The van der Waals surface area contributed by atoms with Gasteiger partial charge in [-0.3, -0.25) is 0 Å². The predicted octanol–water partition coefficient (Wildman–Crippen LogP) is 3.73. The van der Waals surface area contributed by atoms with Crippen molar-refractivity contribution in [1.82, 2.24) is 4.98 Å². The van der Waals surface area contributed by atoms with Crippen LogP contribution >= 0.6 is 22.9 Å². The maximum absolute atomic E-state index is 6.12. The van der Waals surface area contributed by atoms with E-state index in [4.69, 9.17) is 21.1 Å². The molecule has 102 valence electrons. The molecule has 19 heavy (non-hydrogen) atoms. The molecule has 0 unspecified atom stereocenters. The van der Waals surface area contributed by atoms with Gasteiger partial charge in [-0.25, -0.2) is 4.98 Å². The zero-order valence-corrected chi connectivity index (χ0v) is 12.6. The van der Waals surface area contributed by atoms with Crippen LogP contribution in [0.25, 0.3) is 0 Å². The molecule has 0 atom stereocenters. The molecule has 0 saturated heterocycles. The normalized spacial score (nSPS) is 10.3. The van der Waals surface area contributed by atoms with Crippen LogP contribution in [0.1, 0.15) is 10.6 Å². The van der Waals surface area contributed by atoms with E-state index in [9.17, 15) is 0 Å². The van der Waals surface area contributed by atoms with E-state index >= 15 is 0 Å². The lowest BCUT2D eigenvalue weighted by Crippen LogP contribution is -2.02. The molecule has 4 nitrogen and oxygen atoms in total. The minimum Gasteiger partial charge on any atom is -0.495 e. The first-order valence-corrected chi connectivity index (χ1v) is 6.95. The van der Waals surface area contributed by atoms with Crippen molar-refractivity contribution in [3.8, 4) is 11.5 Å². The van der Waals surface area contributed by atoms with Crippen molar-refractivity contribution < 1.29 is 9.47 Å². The summed E-state index contributed by atoms with van der Waals surface area (Å²) < 4.78 is 10.5. The Labute approximate surface area is 121 Å². The van der Waals surface area contributed by atoms with Crippen LogP contribution in [0.15, 0.2) is 17.6 Å². The number of aromatic nitrogens is 1. The van der Waals surface area contributed by atoms with Gasteiger partial charge in [0.2, 0.25) is 0 Å². The van der Waals surface area contributed by atoms with Crippen LogP contribution in [-0.4, -0.2) is 19.2 Å². The van der Waals surface area contributed by atoms with Gasteiger partial charge < -0.3 is 14.8 Å². The number of ether oxygens (including phenoxy) is 2. The summed E-state index contributed by atoms with van der Waals surface area (Å²) in [4.78, 5) is 5.41. The number of halogens is 1. The Morgan fingerprint density at radius 3 is 2.58 bits per heavy atom. The number of anilines is 1. The monoisotopic (exact) mass is 298 g/mol. The number of nitrogens with one attached hydrogen (secondary N) is 1. The van der Waals surface area contributed by atoms with Gasteiger partial charge in [-0.05, 0) is 13.0 Å². The van der Waals surface area contributed by atoms with Gasteiger partial charge in [0.15, 0.2) is 0 Å². The molecule has 0 fully saturated rings. The summed E-state index contributed by atoms with van der Waals surface area (Å²) in [5.74, 6) is 1.29. The molecule has 0 amide bonds. The maximum atomic E-state index is 6.12.